The van der Waals surface area contributed by atoms with Gasteiger partial charge in [-0.1, -0.05) is 0 Å². The van der Waals surface area contributed by atoms with E-state index in [4.69, 9.17) is 10.6 Å². The van der Waals surface area contributed by atoms with Crippen LogP contribution in [0.3, 0.4) is 0 Å². The Morgan fingerprint density at radius 1 is 1.43 bits per heavy atom. The molecule has 0 unspecified atom stereocenters. The number of nitrogen functional groups attached to an aromatic ring is 1. The molecule has 1 aromatic carbocycles. The first kappa shape index (κ1) is 15.2. The molecule has 0 aliphatic carbocycles. The lowest BCUT2D eigenvalue weighted by molar-refractivity contribution is -0.384. The third-order valence-electron chi connectivity index (χ3n) is 3.50. The summed E-state index contributed by atoms with van der Waals surface area (Å²) in [4.78, 5) is 22.3. The molecule has 0 saturated carbocycles. The number of anilines is 1. The maximum atomic E-state index is 12.1. The molecule has 2 rings (SSSR count). The Bertz CT molecular complexity index is 529. The van der Waals surface area contributed by atoms with Crippen LogP contribution in [0.5, 0.6) is 0 Å². The Balaban J connectivity index is 2.00. The number of carbonyl (C=O) groups is 1. The SMILES string of the molecule is NNc1cc(C(=O)NCC2CCOCC2)ccc1[N+](=O)[O-]. The van der Waals surface area contributed by atoms with Crippen LogP contribution in [0.25, 0.3) is 0 Å². The monoisotopic (exact) mass is 294 g/mol. The van der Waals surface area contributed by atoms with Gasteiger partial charge in [0.1, 0.15) is 5.69 Å². The highest BCUT2D eigenvalue weighted by molar-refractivity contribution is 5.95. The van der Waals surface area contributed by atoms with Gasteiger partial charge in [0.2, 0.25) is 0 Å². The van der Waals surface area contributed by atoms with E-state index >= 15 is 0 Å². The molecule has 0 bridgehead atoms. The van der Waals surface area contributed by atoms with Crippen LogP contribution in [0.2, 0.25) is 0 Å². The lowest BCUT2D eigenvalue weighted by Gasteiger charge is -2.22. The lowest BCUT2D eigenvalue weighted by Crippen LogP contribution is -2.32. The molecular formula is C13H18N4O4. The van der Waals surface area contributed by atoms with Gasteiger partial charge in [-0.3, -0.25) is 20.8 Å². The highest BCUT2D eigenvalue weighted by Crippen LogP contribution is 2.24. The van der Waals surface area contributed by atoms with Crippen LogP contribution in [0.4, 0.5) is 11.4 Å². The molecule has 1 aliphatic heterocycles. The number of nitrogens with two attached hydrogens (primary N) is 1. The summed E-state index contributed by atoms with van der Waals surface area (Å²) in [6.07, 6.45) is 1.85. The first-order valence-electron chi connectivity index (χ1n) is 6.73. The van der Waals surface area contributed by atoms with Gasteiger partial charge in [-0.25, -0.2) is 0 Å². The molecule has 1 saturated heterocycles. The van der Waals surface area contributed by atoms with Crippen molar-refractivity contribution in [3.8, 4) is 0 Å². The minimum absolute atomic E-state index is 0.110. The highest BCUT2D eigenvalue weighted by Gasteiger charge is 2.18. The molecule has 0 atom stereocenters. The second kappa shape index (κ2) is 7.00. The largest absolute Gasteiger partial charge is 0.381 e. The van der Waals surface area contributed by atoms with Gasteiger partial charge >= 0.3 is 0 Å². The predicted molar refractivity (Wildman–Crippen MR) is 76.8 cm³/mol. The fraction of sp³-hybridized carbons (Fsp3) is 0.462. The topological polar surface area (TPSA) is 120 Å². The summed E-state index contributed by atoms with van der Waals surface area (Å²) in [5.74, 6) is 5.39. The van der Waals surface area contributed by atoms with Gasteiger partial charge in [-0.05, 0) is 30.9 Å². The molecule has 8 heteroatoms. The van der Waals surface area contributed by atoms with Gasteiger partial charge in [-0.15, -0.1) is 0 Å². The van der Waals surface area contributed by atoms with Gasteiger partial charge < -0.3 is 15.5 Å². The third-order valence-corrected chi connectivity index (χ3v) is 3.50. The van der Waals surface area contributed by atoms with Crippen LogP contribution in [-0.4, -0.2) is 30.6 Å². The van der Waals surface area contributed by atoms with E-state index in [9.17, 15) is 14.9 Å². The molecule has 1 amide bonds. The van der Waals surface area contributed by atoms with E-state index in [0.29, 0.717) is 18.0 Å². The van der Waals surface area contributed by atoms with Crippen molar-refractivity contribution in [2.75, 3.05) is 25.2 Å². The average molecular weight is 294 g/mol. The van der Waals surface area contributed by atoms with Crippen molar-refractivity contribution >= 4 is 17.3 Å². The molecule has 0 radical (unpaired) electrons. The van der Waals surface area contributed by atoms with Gasteiger partial charge in [0.15, 0.2) is 0 Å². The van der Waals surface area contributed by atoms with Crippen LogP contribution < -0.4 is 16.6 Å². The Hall–Kier alpha value is -2.19. The van der Waals surface area contributed by atoms with Crippen LogP contribution >= 0.6 is 0 Å². The Morgan fingerprint density at radius 2 is 2.14 bits per heavy atom. The van der Waals surface area contributed by atoms with E-state index in [-0.39, 0.29) is 17.3 Å². The summed E-state index contributed by atoms with van der Waals surface area (Å²) in [5.41, 5.74) is 2.52. The van der Waals surface area contributed by atoms with E-state index in [1.165, 1.54) is 18.2 Å². The number of nitro benzene ring substituents is 1. The smallest absolute Gasteiger partial charge is 0.293 e. The molecule has 1 aromatic rings. The summed E-state index contributed by atoms with van der Waals surface area (Å²) in [5, 5.41) is 13.6. The van der Waals surface area contributed by atoms with E-state index in [2.05, 4.69) is 10.7 Å². The second-order valence-electron chi connectivity index (χ2n) is 4.90. The molecule has 1 fully saturated rings. The number of nitrogens with one attached hydrogen (secondary N) is 2. The normalized spacial score (nSPS) is 15.5. The maximum Gasteiger partial charge on any atom is 0.293 e. The van der Waals surface area contributed by atoms with Crippen molar-refractivity contribution in [2.45, 2.75) is 12.8 Å². The summed E-state index contributed by atoms with van der Waals surface area (Å²) in [6.45, 7) is 2.02. The highest BCUT2D eigenvalue weighted by atomic mass is 16.6. The predicted octanol–water partition coefficient (Wildman–Crippen LogP) is 1.04. The lowest BCUT2D eigenvalue weighted by atomic mass is 10.0. The van der Waals surface area contributed by atoms with Crippen LogP contribution in [0.1, 0.15) is 23.2 Å². The molecule has 114 valence electrons. The summed E-state index contributed by atoms with van der Waals surface area (Å²) in [6, 6.07) is 4.05. The quantitative estimate of drug-likeness (QED) is 0.424. The molecule has 0 aromatic heterocycles. The van der Waals surface area contributed by atoms with Crippen molar-refractivity contribution < 1.29 is 14.5 Å². The molecular weight excluding hydrogens is 276 g/mol. The number of ether oxygens (including phenoxy) is 1. The molecule has 21 heavy (non-hydrogen) atoms. The minimum atomic E-state index is -0.557. The zero-order valence-electron chi connectivity index (χ0n) is 11.5. The summed E-state index contributed by atoms with van der Waals surface area (Å²) < 4.78 is 5.26. The van der Waals surface area contributed by atoms with Crippen molar-refractivity contribution in [1.82, 2.24) is 5.32 Å². The van der Waals surface area contributed by atoms with Gasteiger partial charge in [-0.2, -0.15) is 0 Å². The number of hydrogen-bond acceptors (Lipinski definition) is 6. The minimum Gasteiger partial charge on any atom is -0.381 e. The van der Waals surface area contributed by atoms with Crippen molar-refractivity contribution in [3.63, 3.8) is 0 Å². The van der Waals surface area contributed by atoms with Crippen LogP contribution in [0, 0.1) is 16.0 Å². The molecule has 4 N–H and O–H groups in total. The van der Waals surface area contributed by atoms with Gasteiger partial charge in [0, 0.05) is 31.4 Å². The van der Waals surface area contributed by atoms with E-state index in [0.717, 1.165) is 26.1 Å². The second-order valence-corrected chi connectivity index (χ2v) is 4.90. The molecule has 1 heterocycles. The molecule has 0 spiro atoms. The van der Waals surface area contributed by atoms with Crippen LogP contribution in [-0.2, 0) is 4.74 Å². The Morgan fingerprint density at radius 3 is 2.76 bits per heavy atom. The third kappa shape index (κ3) is 3.89. The van der Waals surface area contributed by atoms with Crippen molar-refractivity contribution in [2.24, 2.45) is 11.8 Å². The van der Waals surface area contributed by atoms with Gasteiger partial charge in [0.05, 0.1) is 4.92 Å². The van der Waals surface area contributed by atoms with Crippen molar-refractivity contribution in [3.05, 3.63) is 33.9 Å². The first-order chi connectivity index (χ1) is 10.1. The fourth-order valence-electron chi connectivity index (χ4n) is 2.24. The average Bonchev–Trinajstić information content (AvgIpc) is 2.52. The van der Waals surface area contributed by atoms with Gasteiger partial charge in [0.25, 0.3) is 11.6 Å². The number of hydrazine groups is 1. The zero-order chi connectivity index (χ0) is 15.2. The maximum absolute atomic E-state index is 12.1. The number of benzene rings is 1. The van der Waals surface area contributed by atoms with E-state index < -0.39 is 4.92 Å². The Labute approximate surface area is 121 Å². The van der Waals surface area contributed by atoms with Crippen LogP contribution in [0.15, 0.2) is 18.2 Å². The summed E-state index contributed by atoms with van der Waals surface area (Å²) in [7, 11) is 0. The van der Waals surface area contributed by atoms with Crippen molar-refractivity contribution in [1.29, 1.82) is 0 Å². The summed E-state index contributed by atoms with van der Waals surface area (Å²) >= 11 is 0. The number of amides is 1. The number of nitrogens with zero attached hydrogens (tertiary/aromatic N) is 1. The zero-order valence-corrected chi connectivity index (χ0v) is 11.5. The number of hydrogen-bond donors (Lipinski definition) is 3. The van der Waals surface area contributed by atoms with E-state index in [1.807, 2.05) is 0 Å². The first-order valence-corrected chi connectivity index (χ1v) is 6.73. The molecule has 8 nitrogen and oxygen atoms in total. The number of carbonyl (C=O) groups excluding carboxylic acids is 1. The number of nitro groups is 1. The number of rotatable bonds is 5. The molecule has 1 aliphatic rings. The van der Waals surface area contributed by atoms with E-state index in [1.54, 1.807) is 0 Å². The standard InChI is InChI=1S/C13H18N4O4/c14-16-11-7-10(1-2-12(11)17(19)20)13(18)15-8-9-3-5-21-6-4-9/h1-2,7,9,16H,3-6,8,14H2,(H,15,18). The Kier molecular flexibility index (Phi) is 5.07. The fourth-order valence-corrected chi connectivity index (χ4v) is 2.24.